The molecule has 2 unspecified atom stereocenters. The zero-order valence-electron chi connectivity index (χ0n) is 20.7. The van der Waals surface area contributed by atoms with E-state index >= 15 is 0 Å². The molecule has 0 radical (unpaired) electrons. The molecule has 1 saturated heterocycles. The fourth-order valence-corrected chi connectivity index (χ4v) is 5.48. The average molecular weight is 497 g/mol. The SMILES string of the molecule is COC(=O)c1ccccc1-n1c(C)cc(C2C(c3ccccn3)NC(=S)N2c2cccc(C)c2)c1C. The van der Waals surface area contributed by atoms with E-state index in [1.807, 2.05) is 48.7 Å². The molecule has 2 aromatic carbocycles. The minimum atomic E-state index is -0.365. The fraction of sp³-hybridized carbons (Fsp3) is 0.207. The number of aryl methyl sites for hydroxylation is 2. The second-order valence-electron chi connectivity index (χ2n) is 9.01. The second-order valence-corrected chi connectivity index (χ2v) is 9.39. The number of nitrogens with one attached hydrogen (secondary N) is 1. The van der Waals surface area contributed by atoms with Crippen molar-refractivity contribution in [3.05, 3.63) is 113 Å². The Morgan fingerprint density at radius 3 is 2.50 bits per heavy atom. The lowest BCUT2D eigenvalue weighted by atomic mass is 9.96. The summed E-state index contributed by atoms with van der Waals surface area (Å²) >= 11 is 5.89. The number of hydrogen-bond donors (Lipinski definition) is 1. The smallest absolute Gasteiger partial charge is 0.339 e. The quantitative estimate of drug-likeness (QED) is 0.280. The Morgan fingerprint density at radius 1 is 1.00 bits per heavy atom. The molecule has 0 spiro atoms. The van der Waals surface area contributed by atoms with E-state index in [0.717, 1.165) is 39.6 Å². The lowest BCUT2D eigenvalue weighted by Crippen LogP contribution is -2.29. The number of ether oxygens (including phenoxy) is 1. The van der Waals surface area contributed by atoms with Crippen molar-refractivity contribution in [1.29, 1.82) is 0 Å². The number of carbonyl (C=O) groups excluding carboxylic acids is 1. The van der Waals surface area contributed by atoms with Crippen LogP contribution in [0.2, 0.25) is 0 Å². The molecule has 2 atom stereocenters. The van der Waals surface area contributed by atoms with E-state index < -0.39 is 0 Å². The summed E-state index contributed by atoms with van der Waals surface area (Å²) in [4.78, 5) is 19.4. The lowest BCUT2D eigenvalue weighted by Gasteiger charge is -2.28. The molecule has 2 aromatic heterocycles. The van der Waals surface area contributed by atoms with Crippen LogP contribution in [0.5, 0.6) is 0 Å². The first kappa shape index (κ1) is 23.8. The van der Waals surface area contributed by atoms with Crippen LogP contribution in [0, 0.1) is 20.8 Å². The number of benzene rings is 2. The number of nitrogens with zero attached hydrogens (tertiary/aromatic N) is 3. The van der Waals surface area contributed by atoms with Crippen LogP contribution in [0.15, 0.2) is 79.0 Å². The number of hydrogen-bond acceptors (Lipinski definition) is 4. The van der Waals surface area contributed by atoms with Crippen molar-refractivity contribution < 1.29 is 9.53 Å². The van der Waals surface area contributed by atoms with E-state index in [1.165, 1.54) is 7.11 Å². The minimum Gasteiger partial charge on any atom is -0.465 e. The van der Waals surface area contributed by atoms with Gasteiger partial charge in [0.1, 0.15) is 0 Å². The molecule has 1 aliphatic heterocycles. The van der Waals surface area contributed by atoms with Gasteiger partial charge in [-0.15, -0.1) is 0 Å². The van der Waals surface area contributed by atoms with E-state index in [2.05, 4.69) is 64.8 Å². The molecule has 6 nitrogen and oxygen atoms in total. The van der Waals surface area contributed by atoms with Gasteiger partial charge >= 0.3 is 5.97 Å². The normalized spacial score (nSPS) is 17.2. The van der Waals surface area contributed by atoms with Crippen molar-refractivity contribution in [2.75, 3.05) is 12.0 Å². The highest BCUT2D eigenvalue weighted by atomic mass is 32.1. The van der Waals surface area contributed by atoms with Gasteiger partial charge in [-0.25, -0.2) is 4.79 Å². The Morgan fingerprint density at radius 2 is 1.78 bits per heavy atom. The molecule has 0 saturated carbocycles. The highest BCUT2D eigenvalue weighted by molar-refractivity contribution is 7.80. The van der Waals surface area contributed by atoms with Gasteiger partial charge in [0.25, 0.3) is 0 Å². The van der Waals surface area contributed by atoms with Crippen molar-refractivity contribution in [2.45, 2.75) is 32.9 Å². The number of carbonyl (C=O) groups is 1. The van der Waals surface area contributed by atoms with Gasteiger partial charge in [0, 0.05) is 23.3 Å². The standard InChI is InChI=1S/C29H28N4O2S/c1-18-10-9-11-21(16-18)33-27(26(31-29(33)36)24-13-7-8-15-30-24)23-17-19(2)32(20(23)3)25-14-6-5-12-22(25)28(34)35-4/h5-17,26-27H,1-4H3,(H,31,36). The summed E-state index contributed by atoms with van der Waals surface area (Å²) in [6.07, 6.45) is 1.81. The van der Waals surface area contributed by atoms with Gasteiger partial charge in [-0.3, -0.25) is 4.98 Å². The second kappa shape index (κ2) is 9.59. The molecule has 4 aromatic rings. The molecule has 1 N–H and O–H groups in total. The van der Waals surface area contributed by atoms with E-state index in [9.17, 15) is 4.79 Å². The van der Waals surface area contributed by atoms with Crippen molar-refractivity contribution in [1.82, 2.24) is 14.9 Å². The largest absolute Gasteiger partial charge is 0.465 e. The van der Waals surface area contributed by atoms with Crippen LogP contribution in [0.4, 0.5) is 5.69 Å². The Balaban J connectivity index is 1.70. The average Bonchev–Trinajstić information content (AvgIpc) is 3.39. The van der Waals surface area contributed by atoms with Crippen molar-refractivity contribution in [3.8, 4) is 5.69 Å². The first-order valence-electron chi connectivity index (χ1n) is 11.8. The zero-order valence-corrected chi connectivity index (χ0v) is 21.5. The van der Waals surface area contributed by atoms with Crippen LogP contribution >= 0.6 is 12.2 Å². The number of anilines is 1. The van der Waals surface area contributed by atoms with Crippen LogP contribution in [-0.4, -0.2) is 27.7 Å². The minimum absolute atomic E-state index is 0.139. The fourth-order valence-electron chi connectivity index (χ4n) is 5.14. The summed E-state index contributed by atoms with van der Waals surface area (Å²) in [5.41, 5.74) is 7.56. The highest BCUT2D eigenvalue weighted by Gasteiger charge is 2.42. The number of esters is 1. The number of thiocarbonyl (C=S) groups is 1. The summed E-state index contributed by atoms with van der Waals surface area (Å²) in [7, 11) is 1.41. The number of pyridine rings is 1. The first-order chi connectivity index (χ1) is 17.4. The van der Waals surface area contributed by atoms with Crippen LogP contribution in [0.25, 0.3) is 5.69 Å². The molecule has 182 valence electrons. The Hall–Kier alpha value is -3.97. The van der Waals surface area contributed by atoms with E-state index in [0.29, 0.717) is 10.7 Å². The molecular formula is C29H28N4O2S. The predicted octanol–water partition coefficient (Wildman–Crippen LogP) is 5.76. The summed E-state index contributed by atoms with van der Waals surface area (Å²) in [5.74, 6) is -0.365. The van der Waals surface area contributed by atoms with Gasteiger partial charge in [0.2, 0.25) is 0 Å². The van der Waals surface area contributed by atoms with Gasteiger partial charge in [-0.2, -0.15) is 0 Å². The van der Waals surface area contributed by atoms with Crippen LogP contribution < -0.4 is 10.2 Å². The summed E-state index contributed by atoms with van der Waals surface area (Å²) in [5, 5.41) is 4.19. The molecule has 1 aliphatic rings. The van der Waals surface area contributed by atoms with E-state index in [-0.39, 0.29) is 18.1 Å². The summed E-state index contributed by atoms with van der Waals surface area (Å²) < 4.78 is 7.18. The molecule has 0 aliphatic carbocycles. The third-order valence-corrected chi connectivity index (χ3v) is 7.03. The van der Waals surface area contributed by atoms with E-state index in [4.69, 9.17) is 17.0 Å². The van der Waals surface area contributed by atoms with Gasteiger partial charge in [0.05, 0.1) is 36.1 Å². The van der Waals surface area contributed by atoms with Crippen LogP contribution in [0.1, 0.15) is 50.7 Å². The molecular weight excluding hydrogens is 468 g/mol. The Bertz CT molecular complexity index is 1450. The molecule has 3 heterocycles. The van der Waals surface area contributed by atoms with Gasteiger partial charge in [-0.1, -0.05) is 30.3 Å². The molecule has 5 rings (SSSR count). The highest BCUT2D eigenvalue weighted by Crippen LogP contribution is 2.44. The Kier molecular flexibility index (Phi) is 6.33. The molecule has 36 heavy (non-hydrogen) atoms. The first-order valence-corrected chi connectivity index (χ1v) is 12.3. The summed E-state index contributed by atoms with van der Waals surface area (Å²) in [6.45, 7) is 6.22. The topological polar surface area (TPSA) is 59.4 Å². The lowest BCUT2D eigenvalue weighted by molar-refractivity contribution is 0.0600. The van der Waals surface area contributed by atoms with Crippen LogP contribution in [-0.2, 0) is 4.74 Å². The summed E-state index contributed by atoms with van der Waals surface area (Å²) in [6, 6.07) is 23.7. The van der Waals surface area contributed by atoms with Crippen LogP contribution in [0.3, 0.4) is 0 Å². The van der Waals surface area contributed by atoms with Gasteiger partial charge in [0.15, 0.2) is 5.11 Å². The third kappa shape index (κ3) is 4.05. The Labute approximate surface area is 216 Å². The molecule has 0 amide bonds. The maximum absolute atomic E-state index is 12.6. The van der Waals surface area contributed by atoms with Crippen molar-refractivity contribution >= 4 is 29.0 Å². The molecule has 7 heteroatoms. The number of para-hydroxylation sites is 1. The molecule has 1 fully saturated rings. The molecule has 0 bridgehead atoms. The number of methoxy groups -OCH3 is 1. The maximum atomic E-state index is 12.6. The predicted molar refractivity (Wildman–Crippen MR) is 146 cm³/mol. The zero-order chi connectivity index (χ0) is 25.4. The van der Waals surface area contributed by atoms with Gasteiger partial charge in [-0.05, 0) is 86.6 Å². The van der Waals surface area contributed by atoms with Crippen molar-refractivity contribution in [3.63, 3.8) is 0 Å². The number of rotatable bonds is 5. The number of aromatic nitrogens is 2. The van der Waals surface area contributed by atoms with Gasteiger partial charge < -0.3 is 19.5 Å². The third-order valence-electron chi connectivity index (χ3n) is 6.72. The monoisotopic (exact) mass is 496 g/mol. The van der Waals surface area contributed by atoms with Crippen molar-refractivity contribution in [2.24, 2.45) is 0 Å². The maximum Gasteiger partial charge on any atom is 0.339 e. The van der Waals surface area contributed by atoms with E-state index in [1.54, 1.807) is 6.07 Å².